The quantitative estimate of drug-likeness (QED) is 0.195. The van der Waals surface area contributed by atoms with Gasteiger partial charge in [0.2, 0.25) is 0 Å². The van der Waals surface area contributed by atoms with E-state index in [2.05, 4.69) is 151 Å². The van der Waals surface area contributed by atoms with Crippen molar-refractivity contribution in [1.82, 2.24) is 10.2 Å². The number of hydrogen-bond donors (Lipinski definition) is 0. The van der Waals surface area contributed by atoms with E-state index >= 15 is 0 Å². The van der Waals surface area contributed by atoms with Gasteiger partial charge in [-0.25, -0.2) is 0 Å². The highest BCUT2D eigenvalue weighted by Crippen LogP contribution is 2.61. The first kappa shape index (κ1) is 27.5. The molecule has 2 heterocycles. The number of nitrogens with zero attached hydrogens (tertiary/aromatic N) is 2. The average Bonchev–Trinajstić information content (AvgIpc) is 3.61. The molecule has 1 aliphatic heterocycles. The fraction of sp³-hybridized carbons (Fsp3) is 0.0952. The Morgan fingerprint density at radius 2 is 0.891 bits per heavy atom. The highest BCUT2D eigenvalue weighted by atomic mass is 32.2. The minimum absolute atomic E-state index is 0.114. The van der Waals surface area contributed by atoms with E-state index in [1.807, 2.05) is 30.0 Å². The Kier molecular flexibility index (Phi) is 6.21. The van der Waals surface area contributed by atoms with Gasteiger partial charge in [0.1, 0.15) is 10.0 Å². The second-order valence-electron chi connectivity index (χ2n) is 12.6. The van der Waals surface area contributed by atoms with Crippen molar-refractivity contribution >= 4 is 23.1 Å². The molecule has 0 amide bonds. The van der Waals surface area contributed by atoms with Crippen LogP contribution in [0.5, 0.6) is 0 Å². The monoisotopic (exact) mass is 626 g/mol. The first-order valence-electron chi connectivity index (χ1n) is 15.7. The van der Waals surface area contributed by atoms with Crippen LogP contribution in [0.25, 0.3) is 32.3 Å². The van der Waals surface area contributed by atoms with Crippen molar-refractivity contribution in [3.05, 3.63) is 179 Å². The van der Waals surface area contributed by atoms with Crippen LogP contribution in [0.4, 0.5) is 0 Å². The van der Waals surface area contributed by atoms with E-state index in [4.69, 9.17) is 0 Å². The lowest BCUT2D eigenvalue weighted by molar-refractivity contribution is 0.549. The van der Waals surface area contributed by atoms with Crippen LogP contribution in [0.15, 0.2) is 155 Å². The molecule has 0 saturated heterocycles. The summed E-state index contributed by atoms with van der Waals surface area (Å²) >= 11 is 3.52. The fourth-order valence-electron chi connectivity index (χ4n) is 7.64. The van der Waals surface area contributed by atoms with Gasteiger partial charge in [-0.15, -0.1) is 10.2 Å². The van der Waals surface area contributed by atoms with Gasteiger partial charge in [-0.3, -0.25) is 0 Å². The molecule has 1 spiro atoms. The van der Waals surface area contributed by atoms with Gasteiger partial charge in [-0.2, -0.15) is 0 Å². The predicted molar refractivity (Wildman–Crippen MR) is 191 cm³/mol. The van der Waals surface area contributed by atoms with Crippen molar-refractivity contribution in [3.8, 4) is 32.3 Å². The molecule has 2 aliphatic rings. The Labute approximate surface area is 277 Å². The summed E-state index contributed by atoms with van der Waals surface area (Å²) in [6.45, 7) is 4.75. The third-order valence-electron chi connectivity index (χ3n) is 9.81. The highest BCUT2D eigenvalue weighted by Gasteiger charge is 2.52. The lowest BCUT2D eigenvalue weighted by atomic mass is 9.54. The molecule has 2 nitrogen and oxygen atoms in total. The SMILES string of the molecule is CC1(C)c2ccccc2C2(c3ccccc3Sc3ccc(-c4ccc(-c5nnc(-c6ccccc6)s5)cc4)cc32)c2ccccc21. The number of rotatable bonds is 3. The summed E-state index contributed by atoms with van der Waals surface area (Å²) < 4.78 is 0. The van der Waals surface area contributed by atoms with Crippen molar-refractivity contribution in [2.75, 3.05) is 0 Å². The summed E-state index contributed by atoms with van der Waals surface area (Å²) in [6, 6.07) is 53.4. The molecule has 1 aromatic heterocycles. The van der Waals surface area contributed by atoms with Crippen molar-refractivity contribution in [3.63, 3.8) is 0 Å². The molecule has 9 rings (SSSR count). The van der Waals surface area contributed by atoms with Crippen LogP contribution in [0, 0.1) is 0 Å². The first-order chi connectivity index (χ1) is 22.5. The number of hydrogen-bond acceptors (Lipinski definition) is 4. The molecule has 220 valence electrons. The van der Waals surface area contributed by atoms with Crippen LogP contribution >= 0.6 is 23.1 Å². The van der Waals surface area contributed by atoms with Crippen LogP contribution in [-0.2, 0) is 10.8 Å². The van der Waals surface area contributed by atoms with Gasteiger partial charge in [0.05, 0.1) is 5.41 Å². The highest BCUT2D eigenvalue weighted by molar-refractivity contribution is 7.99. The maximum absolute atomic E-state index is 4.52. The summed E-state index contributed by atoms with van der Waals surface area (Å²) in [5.41, 5.74) is 12.3. The van der Waals surface area contributed by atoms with Gasteiger partial charge >= 0.3 is 0 Å². The molecule has 0 radical (unpaired) electrons. The Bertz CT molecular complexity index is 2210. The number of aromatic nitrogens is 2. The average molecular weight is 627 g/mol. The van der Waals surface area contributed by atoms with Crippen LogP contribution in [0.1, 0.15) is 47.2 Å². The Hall–Kier alpha value is -4.77. The van der Waals surface area contributed by atoms with Crippen molar-refractivity contribution in [2.24, 2.45) is 0 Å². The fourth-order valence-corrected chi connectivity index (χ4v) is 9.67. The molecule has 0 atom stereocenters. The lowest BCUT2D eigenvalue weighted by Crippen LogP contribution is -2.43. The summed E-state index contributed by atoms with van der Waals surface area (Å²) in [4.78, 5) is 2.63. The molecule has 6 aromatic carbocycles. The summed E-state index contributed by atoms with van der Waals surface area (Å²) in [5, 5.41) is 10.9. The largest absolute Gasteiger partial charge is 0.148 e. The summed E-state index contributed by atoms with van der Waals surface area (Å²) in [7, 11) is 0. The van der Waals surface area contributed by atoms with Crippen LogP contribution in [0.2, 0.25) is 0 Å². The maximum Gasteiger partial charge on any atom is 0.148 e. The smallest absolute Gasteiger partial charge is 0.138 e. The second-order valence-corrected chi connectivity index (χ2v) is 14.7. The van der Waals surface area contributed by atoms with Crippen LogP contribution in [0.3, 0.4) is 0 Å². The lowest BCUT2D eigenvalue weighted by Gasteiger charge is -2.50. The minimum Gasteiger partial charge on any atom is -0.138 e. The predicted octanol–water partition coefficient (Wildman–Crippen LogP) is 11.0. The maximum atomic E-state index is 4.52. The van der Waals surface area contributed by atoms with E-state index in [0.29, 0.717) is 0 Å². The van der Waals surface area contributed by atoms with E-state index in [1.54, 1.807) is 11.3 Å². The van der Waals surface area contributed by atoms with Gasteiger partial charge in [0, 0.05) is 26.3 Å². The third-order valence-corrected chi connectivity index (χ3v) is 12.0. The summed E-state index contributed by atoms with van der Waals surface area (Å²) in [5.74, 6) is 0. The van der Waals surface area contributed by atoms with Crippen molar-refractivity contribution < 1.29 is 0 Å². The summed E-state index contributed by atoms with van der Waals surface area (Å²) in [6.07, 6.45) is 0. The molecule has 7 aromatic rings. The van der Waals surface area contributed by atoms with E-state index in [1.165, 1.54) is 54.3 Å². The minimum atomic E-state index is -0.420. The molecule has 0 fully saturated rings. The molecule has 1 aliphatic carbocycles. The first-order valence-corrected chi connectivity index (χ1v) is 17.3. The normalized spacial score (nSPS) is 15.0. The number of fused-ring (bicyclic) bond motifs is 8. The van der Waals surface area contributed by atoms with E-state index in [-0.39, 0.29) is 5.41 Å². The Balaban J connectivity index is 1.21. The molecule has 0 unspecified atom stereocenters. The molecular formula is C42H30N2S2. The molecule has 0 saturated carbocycles. The number of benzene rings is 6. The Morgan fingerprint density at radius 3 is 1.54 bits per heavy atom. The second kappa shape index (κ2) is 10.4. The van der Waals surface area contributed by atoms with Gasteiger partial charge in [0.15, 0.2) is 0 Å². The van der Waals surface area contributed by atoms with Gasteiger partial charge in [0.25, 0.3) is 0 Å². The standard InChI is InChI=1S/C42H30N2S2/c1-41(2)31-14-6-8-16-33(31)42(34-17-9-7-15-32(34)41)35-18-10-11-19-37(35)45-38-25-24-30(26-36(38)42)27-20-22-29(23-21-27)40-44-43-39(46-40)28-12-4-3-5-13-28/h3-26H,1-2H3. The van der Waals surface area contributed by atoms with Crippen LogP contribution < -0.4 is 0 Å². The van der Waals surface area contributed by atoms with Gasteiger partial charge in [-0.05, 0) is 62.7 Å². The van der Waals surface area contributed by atoms with E-state index in [0.717, 1.165) is 21.1 Å². The van der Waals surface area contributed by atoms with Crippen LogP contribution in [-0.4, -0.2) is 10.2 Å². The van der Waals surface area contributed by atoms with Gasteiger partial charge in [-0.1, -0.05) is 164 Å². The molecular weight excluding hydrogens is 597 g/mol. The van der Waals surface area contributed by atoms with Crippen molar-refractivity contribution in [2.45, 2.75) is 34.5 Å². The molecule has 0 N–H and O–H groups in total. The zero-order valence-corrected chi connectivity index (χ0v) is 27.2. The van der Waals surface area contributed by atoms with E-state index in [9.17, 15) is 0 Å². The van der Waals surface area contributed by atoms with Crippen molar-refractivity contribution in [1.29, 1.82) is 0 Å². The Morgan fingerprint density at radius 1 is 0.413 bits per heavy atom. The zero-order valence-electron chi connectivity index (χ0n) is 25.6. The third kappa shape index (κ3) is 3.97. The molecule has 0 bridgehead atoms. The molecule has 46 heavy (non-hydrogen) atoms. The topological polar surface area (TPSA) is 25.8 Å². The zero-order chi connectivity index (χ0) is 30.9. The van der Waals surface area contributed by atoms with Gasteiger partial charge < -0.3 is 0 Å². The van der Waals surface area contributed by atoms with E-state index < -0.39 is 5.41 Å². The molecule has 4 heteroatoms.